The van der Waals surface area contributed by atoms with Crippen LogP contribution < -0.4 is 4.74 Å². The Balaban J connectivity index is 1.83. The van der Waals surface area contributed by atoms with Crippen molar-refractivity contribution in [3.8, 4) is 16.9 Å². The summed E-state index contributed by atoms with van der Waals surface area (Å²) in [5.41, 5.74) is 8.18. The highest BCUT2D eigenvalue weighted by Crippen LogP contribution is 2.39. The molecule has 4 nitrogen and oxygen atoms in total. The van der Waals surface area contributed by atoms with E-state index < -0.39 is 0 Å². The van der Waals surface area contributed by atoms with Crippen LogP contribution in [0.15, 0.2) is 78.9 Å². The van der Waals surface area contributed by atoms with Gasteiger partial charge in [-0.25, -0.2) is 9.97 Å². The summed E-state index contributed by atoms with van der Waals surface area (Å²) in [4.78, 5) is 10.1. The predicted molar refractivity (Wildman–Crippen MR) is 123 cm³/mol. The van der Waals surface area contributed by atoms with Gasteiger partial charge in [-0.2, -0.15) is 0 Å². The van der Waals surface area contributed by atoms with Crippen molar-refractivity contribution in [2.45, 2.75) is 0 Å². The fourth-order valence-electron chi connectivity index (χ4n) is 4.39. The van der Waals surface area contributed by atoms with Gasteiger partial charge >= 0.3 is 0 Å². The number of ether oxygens (including phenoxy) is 1. The summed E-state index contributed by atoms with van der Waals surface area (Å²) in [6, 6.07) is 26.9. The molecule has 0 bridgehead atoms. The molecule has 2 aromatic heterocycles. The third-order valence-electron chi connectivity index (χ3n) is 5.90. The molecular weight excluding hydrogens is 370 g/mol. The number of hydrogen-bond donors (Lipinski definition) is 0. The van der Waals surface area contributed by atoms with Gasteiger partial charge in [0.15, 0.2) is 0 Å². The van der Waals surface area contributed by atoms with Gasteiger partial charge in [0.25, 0.3) is 0 Å². The molecule has 0 spiro atoms. The average molecular weight is 389 g/mol. The van der Waals surface area contributed by atoms with Gasteiger partial charge in [0.1, 0.15) is 11.3 Å². The Labute approximate surface area is 173 Å². The Morgan fingerprint density at radius 2 is 1.40 bits per heavy atom. The van der Waals surface area contributed by atoms with E-state index in [1.165, 1.54) is 10.9 Å². The average Bonchev–Trinajstić information content (AvgIpc) is 3.09. The highest BCUT2D eigenvalue weighted by atomic mass is 16.5. The maximum absolute atomic E-state index is 5.35. The summed E-state index contributed by atoms with van der Waals surface area (Å²) in [7, 11) is 3.80. The van der Waals surface area contributed by atoms with Gasteiger partial charge < -0.3 is 9.30 Å². The van der Waals surface area contributed by atoms with Crippen molar-refractivity contribution in [1.29, 1.82) is 0 Å². The Morgan fingerprint density at radius 3 is 2.13 bits per heavy atom. The lowest BCUT2D eigenvalue weighted by Gasteiger charge is -2.11. The number of fused-ring (bicyclic) bond motifs is 6. The summed E-state index contributed by atoms with van der Waals surface area (Å²) in [5, 5.41) is 2.35. The minimum absolute atomic E-state index is 0.838. The molecule has 0 N–H and O–H groups in total. The fraction of sp³-hybridized carbons (Fsp3) is 0.0769. The number of para-hydroxylation sites is 3. The van der Waals surface area contributed by atoms with Crippen molar-refractivity contribution in [1.82, 2.24) is 14.5 Å². The molecule has 2 heterocycles. The molecule has 6 aromatic rings. The number of benzene rings is 4. The largest absolute Gasteiger partial charge is 0.497 e. The van der Waals surface area contributed by atoms with Crippen LogP contribution in [0.1, 0.15) is 0 Å². The molecule has 0 aliphatic rings. The summed E-state index contributed by atoms with van der Waals surface area (Å²) >= 11 is 0. The zero-order valence-corrected chi connectivity index (χ0v) is 16.8. The van der Waals surface area contributed by atoms with E-state index >= 15 is 0 Å². The molecule has 0 saturated heterocycles. The molecule has 6 rings (SSSR count). The Morgan fingerprint density at radius 1 is 0.733 bits per heavy atom. The van der Waals surface area contributed by atoms with Crippen molar-refractivity contribution in [2.75, 3.05) is 7.11 Å². The van der Waals surface area contributed by atoms with E-state index in [0.717, 1.165) is 49.8 Å². The second-order valence-corrected chi connectivity index (χ2v) is 7.53. The number of aryl methyl sites for hydroxylation is 1. The molecule has 4 heteroatoms. The maximum atomic E-state index is 5.35. The van der Waals surface area contributed by atoms with Gasteiger partial charge in [-0.3, -0.25) is 0 Å². The highest BCUT2D eigenvalue weighted by Gasteiger charge is 2.18. The first kappa shape index (κ1) is 17.0. The second kappa shape index (κ2) is 6.29. The molecule has 0 aliphatic carbocycles. The van der Waals surface area contributed by atoms with Crippen LogP contribution >= 0.6 is 0 Å². The lowest BCUT2D eigenvalue weighted by Crippen LogP contribution is -1.94. The fourth-order valence-corrected chi connectivity index (χ4v) is 4.39. The van der Waals surface area contributed by atoms with Crippen LogP contribution in [-0.4, -0.2) is 21.6 Å². The summed E-state index contributed by atoms with van der Waals surface area (Å²) in [6.07, 6.45) is 0. The second-order valence-electron chi connectivity index (χ2n) is 7.53. The van der Waals surface area contributed by atoms with Crippen LogP contribution in [0, 0.1) is 0 Å². The number of hydrogen-bond acceptors (Lipinski definition) is 3. The van der Waals surface area contributed by atoms with E-state index in [2.05, 4.69) is 54.1 Å². The van der Waals surface area contributed by atoms with E-state index in [9.17, 15) is 0 Å². The van der Waals surface area contributed by atoms with Crippen LogP contribution in [0.2, 0.25) is 0 Å². The minimum Gasteiger partial charge on any atom is -0.497 e. The Kier molecular flexibility index (Phi) is 3.56. The molecule has 0 amide bonds. The number of methoxy groups -OCH3 is 1. The normalized spacial score (nSPS) is 11.7. The molecule has 0 atom stereocenters. The maximum Gasteiger partial charge on any atom is 0.118 e. The minimum atomic E-state index is 0.838. The molecule has 144 valence electrons. The Bertz CT molecular complexity index is 1580. The first-order valence-electron chi connectivity index (χ1n) is 9.95. The molecular formula is C26H19N3O. The van der Waals surface area contributed by atoms with Gasteiger partial charge in [0.05, 0.1) is 29.2 Å². The van der Waals surface area contributed by atoms with Crippen LogP contribution in [0.25, 0.3) is 55.0 Å². The van der Waals surface area contributed by atoms with Gasteiger partial charge in [-0.15, -0.1) is 0 Å². The summed E-state index contributed by atoms with van der Waals surface area (Å²) < 4.78 is 7.59. The van der Waals surface area contributed by atoms with Crippen LogP contribution in [0.4, 0.5) is 0 Å². The van der Waals surface area contributed by atoms with Crippen molar-refractivity contribution in [3.63, 3.8) is 0 Å². The van der Waals surface area contributed by atoms with Gasteiger partial charge in [0.2, 0.25) is 0 Å². The van der Waals surface area contributed by atoms with Crippen molar-refractivity contribution in [2.24, 2.45) is 7.05 Å². The molecule has 4 aromatic carbocycles. The highest BCUT2D eigenvalue weighted by molar-refractivity contribution is 6.22. The predicted octanol–water partition coefficient (Wildman–Crippen LogP) is 6.10. The molecule has 30 heavy (non-hydrogen) atoms. The molecule has 0 radical (unpaired) electrons. The van der Waals surface area contributed by atoms with E-state index in [-0.39, 0.29) is 0 Å². The van der Waals surface area contributed by atoms with E-state index in [0.29, 0.717) is 0 Å². The molecule has 0 saturated carbocycles. The molecule has 0 unspecified atom stereocenters. The first-order chi connectivity index (χ1) is 14.7. The number of nitrogens with zero attached hydrogens (tertiary/aromatic N) is 3. The first-order valence-corrected chi connectivity index (χ1v) is 9.95. The van der Waals surface area contributed by atoms with E-state index in [1.54, 1.807) is 7.11 Å². The lowest BCUT2D eigenvalue weighted by molar-refractivity contribution is 0.415. The van der Waals surface area contributed by atoms with Crippen molar-refractivity contribution in [3.05, 3.63) is 78.9 Å². The summed E-state index contributed by atoms with van der Waals surface area (Å²) in [6.45, 7) is 0. The van der Waals surface area contributed by atoms with Crippen molar-refractivity contribution >= 4 is 43.9 Å². The quantitative estimate of drug-likeness (QED) is 0.336. The van der Waals surface area contributed by atoms with Gasteiger partial charge in [-0.05, 0) is 42.0 Å². The van der Waals surface area contributed by atoms with Crippen molar-refractivity contribution < 1.29 is 4.74 Å². The number of aromatic nitrogens is 3. The standard InChI is InChI=1S/C26H19N3O/c1-29-22-10-6-3-7-18(22)24-23(29)15-19(16-11-13-17(30-2)14-12-16)25-26(24)28-21-9-5-4-8-20(21)27-25/h3-15H,1-2H3. The third kappa shape index (κ3) is 2.34. The van der Waals surface area contributed by atoms with Crippen LogP contribution in [-0.2, 0) is 7.05 Å². The molecule has 0 fully saturated rings. The zero-order chi connectivity index (χ0) is 20.2. The third-order valence-corrected chi connectivity index (χ3v) is 5.90. The SMILES string of the molecule is COc1ccc(-c2cc3c(c4ccccc4n3C)c3nc4ccccc4nc23)cc1. The topological polar surface area (TPSA) is 39.9 Å². The lowest BCUT2D eigenvalue weighted by atomic mass is 10.00. The number of rotatable bonds is 2. The Hall–Kier alpha value is -3.92. The molecule has 0 aliphatic heterocycles. The monoisotopic (exact) mass is 389 g/mol. The van der Waals surface area contributed by atoms with Crippen LogP contribution in [0.3, 0.4) is 0 Å². The van der Waals surface area contributed by atoms with E-state index in [1.807, 2.05) is 36.4 Å². The zero-order valence-electron chi connectivity index (χ0n) is 16.8. The van der Waals surface area contributed by atoms with E-state index in [4.69, 9.17) is 14.7 Å². The van der Waals surface area contributed by atoms with Crippen LogP contribution in [0.5, 0.6) is 5.75 Å². The smallest absolute Gasteiger partial charge is 0.118 e. The van der Waals surface area contributed by atoms with Gasteiger partial charge in [-0.1, -0.05) is 42.5 Å². The van der Waals surface area contributed by atoms with Gasteiger partial charge in [0, 0.05) is 28.9 Å². The summed E-state index contributed by atoms with van der Waals surface area (Å²) in [5.74, 6) is 0.838.